The Morgan fingerprint density at radius 1 is 1.42 bits per heavy atom. The Hall–Kier alpha value is -1.12. The number of carboxylic acid groups (broad SMARTS) is 1. The summed E-state index contributed by atoms with van der Waals surface area (Å²) in [5, 5.41) is 20.4. The molecule has 0 aromatic carbocycles. The molecule has 2 aromatic heterocycles. The van der Waals surface area contributed by atoms with Crippen molar-refractivity contribution in [1.29, 1.82) is 0 Å². The van der Waals surface area contributed by atoms with Gasteiger partial charge in [-0.1, -0.05) is 23.1 Å². The molecule has 0 spiro atoms. The molecule has 0 radical (unpaired) electrons. The largest absolute Gasteiger partial charge is 0.481 e. The molecule has 2 aromatic rings. The molecule has 2 N–H and O–H groups in total. The smallest absolute Gasteiger partial charge is 0.313 e. The lowest BCUT2D eigenvalue weighted by atomic mass is 10.3. The van der Waals surface area contributed by atoms with Gasteiger partial charge < -0.3 is 10.4 Å². The number of carbonyl (C=O) groups is 1. The van der Waals surface area contributed by atoms with Crippen LogP contribution < -0.4 is 5.32 Å². The molecule has 2 heterocycles. The Labute approximate surface area is 123 Å². The minimum absolute atomic E-state index is 0.0119. The summed E-state index contributed by atoms with van der Waals surface area (Å²) in [5.41, 5.74) is 1.30. The number of aliphatic carboxylic acids is 1. The Bertz CT molecular complexity index is 560. The first kappa shape index (κ1) is 14.3. The van der Waals surface area contributed by atoms with Gasteiger partial charge >= 0.3 is 5.97 Å². The first-order valence-electron chi connectivity index (χ1n) is 5.52. The van der Waals surface area contributed by atoms with Crippen molar-refractivity contribution in [2.24, 2.45) is 0 Å². The van der Waals surface area contributed by atoms with Gasteiger partial charge in [0, 0.05) is 9.75 Å². The Morgan fingerprint density at radius 2 is 2.21 bits per heavy atom. The summed E-state index contributed by atoms with van der Waals surface area (Å²) >= 11 is 4.33. The number of rotatable bonds is 6. The second-order valence-electron chi connectivity index (χ2n) is 3.86. The first-order chi connectivity index (χ1) is 9.04. The summed E-state index contributed by atoms with van der Waals surface area (Å²) in [5.74, 6) is -0.836. The van der Waals surface area contributed by atoms with Crippen molar-refractivity contribution in [3.8, 4) is 0 Å². The maximum atomic E-state index is 10.4. The standard InChI is InChI=1S/C11H13N3O2S3/c1-6-3-8(18-7(6)2)4-12-10-13-14-11(19-10)17-5-9(15)16/h3H,4-5H2,1-2H3,(H,12,13)(H,15,16). The third kappa shape index (κ3) is 4.19. The van der Waals surface area contributed by atoms with E-state index in [1.807, 2.05) is 0 Å². The molecule has 0 amide bonds. The number of nitrogens with one attached hydrogen (secondary N) is 1. The molecular formula is C11H13N3O2S3. The fraction of sp³-hybridized carbons (Fsp3) is 0.364. The fourth-order valence-corrected chi connectivity index (χ4v) is 3.82. The monoisotopic (exact) mass is 315 g/mol. The molecule has 8 heteroatoms. The van der Waals surface area contributed by atoms with E-state index in [0.29, 0.717) is 4.34 Å². The topological polar surface area (TPSA) is 75.1 Å². The highest BCUT2D eigenvalue weighted by Crippen LogP contribution is 2.26. The maximum absolute atomic E-state index is 10.4. The lowest BCUT2D eigenvalue weighted by Gasteiger charge is -1.97. The summed E-state index contributed by atoms with van der Waals surface area (Å²) in [6, 6.07) is 2.16. The summed E-state index contributed by atoms with van der Waals surface area (Å²) in [6.07, 6.45) is 0. The van der Waals surface area contributed by atoms with Gasteiger partial charge in [0.1, 0.15) is 0 Å². The Balaban J connectivity index is 1.87. The Morgan fingerprint density at radius 3 is 2.84 bits per heavy atom. The van der Waals surface area contributed by atoms with E-state index < -0.39 is 5.97 Å². The van der Waals surface area contributed by atoms with E-state index >= 15 is 0 Å². The SMILES string of the molecule is Cc1cc(CNc2nnc(SCC(=O)O)s2)sc1C. The van der Waals surface area contributed by atoms with Gasteiger partial charge in [-0.05, 0) is 25.5 Å². The van der Waals surface area contributed by atoms with Crippen molar-refractivity contribution < 1.29 is 9.90 Å². The number of hydrogen-bond acceptors (Lipinski definition) is 7. The second-order valence-corrected chi connectivity index (χ2v) is 7.40. The van der Waals surface area contributed by atoms with E-state index in [1.54, 1.807) is 11.3 Å². The zero-order valence-electron chi connectivity index (χ0n) is 10.5. The van der Waals surface area contributed by atoms with Crippen molar-refractivity contribution in [2.75, 3.05) is 11.1 Å². The predicted molar refractivity (Wildman–Crippen MR) is 79.4 cm³/mol. The van der Waals surface area contributed by atoms with Crippen LogP contribution in [0.4, 0.5) is 5.13 Å². The maximum Gasteiger partial charge on any atom is 0.313 e. The molecule has 0 bridgehead atoms. The van der Waals surface area contributed by atoms with Crippen LogP contribution in [0, 0.1) is 13.8 Å². The van der Waals surface area contributed by atoms with E-state index in [-0.39, 0.29) is 5.75 Å². The molecule has 0 fully saturated rings. The summed E-state index contributed by atoms with van der Waals surface area (Å²) in [6.45, 7) is 4.92. The van der Waals surface area contributed by atoms with E-state index in [1.165, 1.54) is 38.4 Å². The molecule has 0 aliphatic carbocycles. The van der Waals surface area contributed by atoms with Crippen LogP contribution >= 0.6 is 34.4 Å². The average Bonchev–Trinajstić information content (AvgIpc) is 2.92. The lowest BCUT2D eigenvalue weighted by molar-refractivity contribution is -0.133. The second kappa shape index (κ2) is 6.36. The number of thioether (sulfide) groups is 1. The van der Waals surface area contributed by atoms with E-state index in [4.69, 9.17) is 5.11 Å². The van der Waals surface area contributed by atoms with Gasteiger partial charge in [-0.3, -0.25) is 4.79 Å². The summed E-state index contributed by atoms with van der Waals surface area (Å²) < 4.78 is 0.670. The number of nitrogens with zero attached hydrogens (tertiary/aromatic N) is 2. The van der Waals surface area contributed by atoms with Crippen molar-refractivity contribution in [3.05, 3.63) is 21.4 Å². The average molecular weight is 315 g/mol. The van der Waals surface area contributed by atoms with Crippen LogP contribution in [0.2, 0.25) is 0 Å². The molecule has 0 saturated carbocycles. The predicted octanol–water partition coefficient (Wildman–Crippen LogP) is 3.01. The molecular weight excluding hydrogens is 302 g/mol. The molecule has 5 nitrogen and oxygen atoms in total. The van der Waals surface area contributed by atoms with Gasteiger partial charge in [-0.2, -0.15) is 0 Å². The minimum Gasteiger partial charge on any atom is -0.481 e. The molecule has 102 valence electrons. The highest BCUT2D eigenvalue weighted by atomic mass is 32.2. The van der Waals surface area contributed by atoms with Crippen LogP contribution in [0.3, 0.4) is 0 Å². The first-order valence-corrected chi connectivity index (χ1v) is 8.14. The van der Waals surface area contributed by atoms with Crippen molar-refractivity contribution in [3.63, 3.8) is 0 Å². The zero-order valence-corrected chi connectivity index (χ0v) is 12.9. The number of hydrogen-bond donors (Lipinski definition) is 2. The minimum atomic E-state index is -0.848. The normalized spacial score (nSPS) is 10.6. The molecule has 19 heavy (non-hydrogen) atoms. The van der Waals surface area contributed by atoms with Crippen LogP contribution in [0.1, 0.15) is 15.3 Å². The van der Waals surface area contributed by atoms with Crippen LogP contribution in [0.25, 0.3) is 0 Å². The summed E-state index contributed by atoms with van der Waals surface area (Å²) in [7, 11) is 0. The van der Waals surface area contributed by atoms with Crippen LogP contribution in [0.5, 0.6) is 0 Å². The number of thiophene rings is 1. The summed E-state index contributed by atoms with van der Waals surface area (Å²) in [4.78, 5) is 13.0. The number of carboxylic acids is 1. The third-order valence-electron chi connectivity index (χ3n) is 2.36. The van der Waals surface area contributed by atoms with Crippen molar-refractivity contribution >= 4 is 45.5 Å². The number of aromatic nitrogens is 2. The number of anilines is 1. The molecule has 0 saturated heterocycles. The van der Waals surface area contributed by atoms with Gasteiger partial charge in [0.05, 0.1) is 12.3 Å². The van der Waals surface area contributed by atoms with Gasteiger partial charge in [-0.25, -0.2) is 0 Å². The highest BCUT2D eigenvalue weighted by Gasteiger charge is 2.07. The van der Waals surface area contributed by atoms with E-state index in [0.717, 1.165) is 11.7 Å². The quantitative estimate of drug-likeness (QED) is 0.798. The van der Waals surface area contributed by atoms with E-state index in [9.17, 15) is 4.79 Å². The molecule has 0 unspecified atom stereocenters. The van der Waals surface area contributed by atoms with E-state index in [2.05, 4.69) is 35.4 Å². The zero-order chi connectivity index (χ0) is 13.8. The highest BCUT2D eigenvalue weighted by molar-refractivity contribution is 8.01. The van der Waals surface area contributed by atoms with Crippen LogP contribution in [-0.4, -0.2) is 27.0 Å². The van der Waals surface area contributed by atoms with Gasteiger partial charge in [0.25, 0.3) is 0 Å². The van der Waals surface area contributed by atoms with Crippen LogP contribution in [0.15, 0.2) is 10.4 Å². The molecule has 0 atom stereocenters. The number of aryl methyl sites for hydroxylation is 2. The van der Waals surface area contributed by atoms with Crippen LogP contribution in [-0.2, 0) is 11.3 Å². The van der Waals surface area contributed by atoms with Crippen molar-refractivity contribution in [2.45, 2.75) is 24.7 Å². The fourth-order valence-electron chi connectivity index (χ4n) is 1.36. The third-order valence-corrected chi connectivity index (χ3v) is 5.51. The van der Waals surface area contributed by atoms with Gasteiger partial charge in [0.2, 0.25) is 5.13 Å². The molecule has 2 rings (SSSR count). The Kier molecular flexibility index (Phi) is 4.78. The van der Waals surface area contributed by atoms with Crippen molar-refractivity contribution in [1.82, 2.24) is 10.2 Å². The van der Waals surface area contributed by atoms with Gasteiger partial charge in [-0.15, -0.1) is 21.5 Å². The lowest BCUT2D eigenvalue weighted by Crippen LogP contribution is -1.96. The van der Waals surface area contributed by atoms with Gasteiger partial charge in [0.15, 0.2) is 4.34 Å². The molecule has 0 aliphatic heterocycles. The molecule has 0 aliphatic rings.